The van der Waals surface area contributed by atoms with Crippen molar-refractivity contribution >= 4 is 5.97 Å². The molecule has 0 saturated carbocycles. The van der Waals surface area contributed by atoms with Crippen LogP contribution < -0.4 is 0 Å². The van der Waals surface area contributed by atoms with Crippen molar-refractivity contribution in [3.63, 3.8) is 0 Å². The molecule has 0 aromatic rings. The van der Waals surface area contributed by atoms with E-state index in [2.05, 4.69) is 32.6 Å². The highest BCUT2D eigenvalue weighted by atomic mass is 16.7. The second-order valence-electron chi connectivity index (χ2n) is 20.9. The molecular formula is C59H117NO5. The van der Waals surface area contributed by atoms with Crippen molar-refractivity contribution < 1.29 is 24.1 Å². The molecule has 3 unspecified atom stereocenters. The molecule has 1 aliphatic heterocycles. The van der Waals surface area contributed by atoms with Gasteiger partial charge in [0.2, 0.25) is 0 Å². The number of unbranched alkanes of at least 4 members (excludes halogenated alkanes) is 34. The lowest BCUT2D eigenvalue weighted by Gasteiger charge is -2.21. The molecule has 0 radical (unpaired) electrons. The maximum absolute atomic E-state index is 12.8. The SMILES string of the molecule is CCCCCCCCCCCCCC1OC(CCCCCCCC)C(CCCCCCCCN(CCO)CCCCCCCC(=O)OC(CCCCCCCC)CCCCCCCC)O1. The maximum Gasteiger partial charge on any atom is 0.306 e. The molecule has 1 saturated heterocycles. The van der Waals surface area contributed by atoms with Crippen LogP contribution in [0.3, 0.4) is 0 Å². The minimum atomic E-state index is 0.0261. The number of aliphatic hydroxyl groups excluding tert-OH is 1. The number of aliphatic hydroxyl groups is 1. The van der Waals surface area contributed by atoms with Gasteiger partial charge < -0.3 is 24.2 Å². The smallest absolute Gasteiger partial charge is 0.306 e. The number of ether oxygens (including phenoxy) is 3. The Morgan fingerprint density at radius 2 is 0.738 bits per heavy atom. The molecule has 3 atom stereocenters. The van der Waals surface area contributed by atoms with Crippen LogP contribution in [0, 0.1) is 0 Å². The monoisotopic (exact) mass is 920 g/mol. The van der Waals surface area contributed by atoms with E-state index in [1.807, 2.05) is 0 Å². The van der Waals surface area contributed by atoms with E-state index in [0.29, 0.717) is 18.6 Å². The first-order chi connectivity index (χ1) is 32.1. The zero-order chi connectivity index (χ0) is 46.9. The fourth-order valence-electron chi connectivity index (χ4n) is 10.2. The number of carbonyl (C=O) groups is 1. The Labute approximate surface area is 407 Å². The standard InChI is InChI=1S/C59H117NO5/c1-5-9-13-17-21-22-23-24-25-34-42-50-59-64-56(47-39-31-20-16-12-8-4)57(65-59)48-40-32-26-27-35-43-51-60(53-54-61)52-44-36-28-33-41-49-58(62)63-55(45-37-29-18-14-10-6-2)46-38-30-19-15-11-7-3/h55-57,59,61H,5-54H2,1-4H3. The quantitative estimate of drug-likeness (QED) is 0.0484. The first-order valence-corrected chi connectivity index (χ1v) is 29.9. The Morgan fingerprint density at radius 1 is 0.415 bits per heavy atom. The summed E-state index contributed by atoms with van der Waals surface area (Å²) in [6, 6.07) is 0. The van der Waals surface area contributed by atoms with Crippen LogP contribution in [0.15, 0.2) is 0 Å². The van der Waals surface area contributed by atoms with Crippen LogP contribution in [-0.4, -0.2) is 66.8 Å². The van der Waals surface area contributed by atoms with E-state index < -0.39 is 0 Å². The van der Waals surface area contributed by atoms with Crippen molar-refractivity contribution in [2.45, 2.75) is 348 Å². The number of hydrogen-bond donors (Lipinski definition) is 1. The first-order valence-electron chi connectivity index (χ1n) is 29.9. The summed E-state index contributed by atoms with van der Waals surface area (Å²) >= 11 is 0. The highest BCUT2D eigenvalue weighted by Gasteiger charge is 2.34. The molecule has 65 heavy (non-hydrogen) atoms. The summed E-state index contributed by atoms with van der Waals surface area (Å²) in [5, 5.41) is 9.73. The number of carbonyl (C=O) groups excluding carboxylic acids is 1. The highest BCUT2D eigenvalue weighted by Crippen LogP contribution is 2.30. The molecule has 0 amide bonds. The molecule has 0 aliphatic carbocycles. The summed E-state index contributed by atoms with van der Waals surface area (Å²) in [5.41, 5.74) is 0. The van der Waals surface area contributed by atoms with Gasteiger partial charge in [-0.1, -0.05) is 246 Å². The molecule has 388 valence electrons. The van der Waals surface area contributed by atoms with Crippen LogP contribution >= 0.6 is 0 Å². The number of nitrogens with zero attached hydrogens (tertiary/aromatic N) is 1. The molecule has 1 heterocycles. The van der Waals surface area contributed by atoms with E-state index in [0.717, 1.165) is 58.2 Å². The molecule has 1 fully saturated rings. The van der Waals surface area contributed by atoms with Gasteiger partial charge in [0.1, 0.15) is 6.10 Å². The lowest BCUT2D eigenvalue weighted by atomic mass is 9.99. The third kappa shape index (κ3) is 40.9. The Kier molecular flexibility index (Phi) is 47.7. The first kappa shape index (κ1) is 62.3. The molecular weight excluding hydrogens is 803 g/mol. The summed E-state index contributed by atoms with van der Waals surface area (Å²) < 4.78 is 19.3. The number of rotatable bonds is 53. The molecule has 6 heteroatoms. The summed E-state index contributed by atoms with van der Waals surface area (Å²) in [5.74, 6) is 0.0318. The normalized spacial score (nSPS) is 16.4. The van der Waals surface area contributed by atoms with E-state index in [1.165, 1.54) is 250 Å². The average Bonchev–Trinajstić information content (AvgIpc) is 3.70. The zero-order valence-corrected chi connectivity index (χ0v) is 44.7. The second kappa shape index (κ2) is 49.7. The molecule has 0 bridgehead atoms. The lowest BCUT2D eigenvalue weighted by Crippen LogP contribution is -2.29. The number of esters is 1. The summed E-state index contributed by atoms with van der Waals surface area (Å²) in [4.78, 5) is 15.3. The van der Waals surface area contributed by atoms with Crippen LogP contribution in [0.5, 0.6) is 0 Å². The van der Waals surface area contributed by atoms with E-state index in [1.54, 1.807) is 0 Å². The largest absolute Gasteiger partial charge is 0.462 e. The van der Waals surface area contributed by atoms with E-state index in [-0.39, 0.29) is 25.0 Å². The second-order valence-corrected chi connectivity index (χ2v) is 20.9. The van der Waals surface area contributed by atoms with Gasteiger partial charge in [-0.15, -0.1) is 0 Å². The van der Waals surface area contributed by atoms with Crippen molar-refractivity contribution in [3.05, 3.63) is 0 Å². The maximum atomic E-state index is 12.8. The Balaban J connectivity index is 2.23. The predicted molar refractivity (Wildman–Crippen MR) is 282 cm³/mol. The van der Waals surface area contributed by atoms with Gasteiger partial charge in [0.25, 0.3) is 0 Å². The summed E-state index contributed by atoms with van der Waals surface area (Å²) in [6.45, 7) is 12.3. The lowest BCUT2D eigenvalue weighted by molar-refractivity contribution is -0.150. The number of hydrogen-bond acceptors (Lipinski definition) is 6. The Hall–Kier alpha value is -0.690. The third-order valence-electron chi connectivity index (χ3n) is 14.5. The Bertz CT molecular complexity index is 932. The van der Waals surface area contributed by atoms with Crippen molar-refractivity contribution in [3.8, 4) is 0 Å². The van der Waals surface area contributed by atoms with E-state index in [4.69, 9.17) is 14.2 Å². The van der Waals surface area contributed by atoms with Crippen molar-refractivity contribution in [1.82, 2.24) is 4.90 Å². The van der Waals surface area contributed by atoms with Gasteiger partial charge in [0.15, 0.2) is 6.29 Å². The fraction of sp³-hybridized carbons (Fsp3) is 0.983. The third-order valence-corrected chi connectivity index (χ3v) is 14.5. The van der Waals surface area contributed by atoms with Gasteiger partial charge in [-0.05, 0) is 83.7 Å². The molecule has 0 aromatic carbocycles. The summed E-state index contributed by atoms with van der Waals surface area (Å²) in [7, 11) is 0. The minimum Gasteiger partial charge on any atom is -0.462 e. The van der Waals surface area contributed by atoms with Crippen LogP contribution in [0.2, 0.25) is 0 Å². The van der Waals surface area contributed by atoms with Crippen LogP contribution in [-0.2, 0) is 19.0 Å². The van der Waals surface area contributed by atoms with Crippen molar-refractivity contribution in [1.29, 1.82) is 0 Å². The van der Waals surface area contributed by atoms with E-state index >= 15 is 0 Å². The fourth-order valence-corrected chi connectivity index (χ4v) is 10.2. The highest BCUT2D eigenvalue weighted by molar-refractivity contribution is 5.69. The van der Waals surface area contributed by atoms with Gasteiger partial charge in [0.05, 0.1) is 18.8 Å². The van der Waals surface area contributed by atoms with Gasteiger partial charge in [-0.3, -0.25) is 4.79 Å². The van der Waals surface area contributed by atoms with Crippen LogP contribution in [0.25, 0.3) is 0 Å². The average molecular weight is 921 g/mol. The van der Waals surface area contributed by atoms with Crippen LogP contribution in [0.1, 0.15) is 323 Å². The molecule has 6 nitrogen and oxygen atoms in total. The van der Waals surface area contributed by atoms with Gasteiger partial charge in [-0.2, -0.15) is 0 Å². The minimum absolute atomic E-state index is 0.0261. The molecule has 1 aliphatic rings. The van der Waals surface area contributed by atoms with Crippen LogP contribution in [0.4, 0.5) is 0 Å². The van der Waals surface area contributed by atoms with E-state index in [9.17, 15) is 9.90 Å². The Morgan fingerprint density at radius 3 is 1.12 bits per heavy atom. The van der Waals surface area contributed by atoms with Crippen molar-refractivity contribution in [2.24, 2.45) is 0 Å². The van der Waals surface area contributed by atoms with Gasteiger partial charge in [0, 0.05) is 13.0 Å². The van der Waals surface area contributed by atoms with Gasteiger partial charge >= 0.3 is 5.97 Å². The van der Waals surface area contributed by atoms with Crippen molar-refractivity contribution in [2.75, 3.05) is 26.2 Å². The zero-order valence-electron chi connectivity index (χ0n) is 44.7. The van der Waals surface area contributed by atoms with Gasteiger partial charge in [-0.25, -0.2) is 0 Å². The molecule has 0 spiro atoms. The topological polar surface area (TPSA) is 68.2 Å². The predicted octanol–water partition coefficient (Wildman–Crippen LogP) is 18.3. The summed E-state index contributed by atoms with van der Waals surface area (Å²) in [6.07, 6.45) is 58.8. The molecule has 1 N–H and O–H groups in total. The molecule has 1 rings (SSSR count). The molecule has 0 aromatic heterocycles.